The Labute approximate surface area is 229 Å². The van der Waals surface area contributed by atoms with Gasteiger partial charge in [-0.25, -0.2) is 9.98 Å². The Bertz CT molecular complexity index is 1760. The number of amidine groups is 1. The molecule has 1 aromatic heterocycles. The van der Waals surface area contributed by atoms with E-state index in [4.69, 9.17) is 9.98 Å². The molecule has 2 heterocycles. The predicted molar refractivity (Wildman–Crippen MR) is 156 cm³/mol. The highest BCUT2D eigenvalue weighted by Gasteiger charge is 2.29. The summed E-state index contributed by atoms with van der Waals surface area (Å²) >= 11 is 0. The van der Waals surface area contributed by atoms with E-state index in [9.17, 15) is 18.8 Å². The van der Waals surface area contributed by atoms with E-state index in [1.165, 1.54) is 12.1 Å². The first-order valence-electron chi connectivity index (χ1n) is 12.6. The van der Waals surface area contributed by atoms with Gasteiger partial charge in [0.05, 0.1) is 5.71 Å². The van der Waals surface area contributed by atoms with Crippen LogP contribution in [0.3, 0.4) is 0 Å². The van der Waals surface area contributed by atoms with Gasteiger partial charge in [-0.1, -0.05) is 60.7 Å². The molecule has 0 fully saturated rings. The van der Waals surface area contributed by atoms with Crippen molar-refractivity contribution in [3.05, 3.63) is 132 Å². The third kappa shape index (κ3) is 4.83. The summed E-state index contributed by atoms with van der Waals surface area (Å²) in [6.07, 6.45) is 1.87. The normalized spacial score (nSPS) is 13.8. The molecular weight excluding hydrogens is 507 g/mol. The lowest BCUT2D eigenvalue weighted by atomic mass is 10.0. The lowest BCUT2D eigenvalue weighted by Crippen LogP contribution is -2.14. The summed E-state index contributed by atoms with van der Waals surface area (Å²) in [5.41, 5.74) is 4.93. The Kier molecular flexibility index (Phi) is 6.58. The molecule has 0 saturated heterocycles. The number of nitrogens with zero attached hydrogens (tertiary/aromatic N) is 3. The fourth-order valence-electron chi connectivity index (χ4n) is 4.71. The summed E-state index contributed by atoms with van der Waals surface area (Å²) in [5, 5.41) is 19.5. The van der Waals surface area contributed by atoms with Crippen molar-refractivity contribution in [1.29, 1.82) is 0 Å². The van der Waals surface area contributed by atoms with Crippen molar-refractivity contribution in [2.75, 3.05) is 0 Å². The van der Waals surface area contributed by atoms with Gasteiger partial charge in [0.1, 0.15) is 17.3 Å². The maximum absolute atomic E-state index is 14.8. The fourth-order valence-corrected chi connectivity index (χ4v) is 4.71. The van der Waals surface area contributed by atoms with E-state index in [1.807, 2.05) is 66.7 Å². The third-order valence-corrected chi connectivity index (χ3v) is 6.66. The second-order valence-electron chi connectivity index (χ2n) is 9.23. The predicted octanol–water partition coefficient (Wildman–Crippen LogP) is 7.62. The number of hydrogen-bond donors (Lipinski definition) is 2. The van der Waals surface area contributed by atoms with Gasteiger partial charge in [0.25, 0.3) is 0 Å². The minimum absolute atomic E-state index is 0.0438. The van der Waals surface area contributed by atoms with Gasteiger partial charge in [0, 0.05) is 22.4 Å². The molecule has 0 spiro atoms. The average Bonchev–Trinajstić information content (AvgIpc) is 3.57. The fraction of sp³-hybridized carbons (Fsp3) is 0. The number of aromatic hydroxyl groups is 2. The van der Waals surface area contributed by atoms with E-state index in [0.29, 0.717) is 28.2 Å². The summed E-state index contributed by atoms with van der Waals surface area (Å²) in [5.74, 6) is 0.537. The van der Waals surface area contributed by atoms with Crippen molar-refractivity contribution in [2.24, 2.45) is 9.98 Å². The Balaban J connectivity index is 1.59. The Morgan fingerprint density at radius 2 is 1.20 bits per heavy atom. The molecule has 5 nitrogen and oxygen atoms in total. The highest BCUT2D eigenvalue weighted by Crippen LogP contribution is 2.40. The summed E-state index contributed by atoms with van der Waals surface area (Å²) in [6.45, 7) is 0. The van der Waals surface area contributed by atoms with Gasteiger partial charge >= 0.3 is 7.40 Å². The van der Waals surface area contributed by atoms with Gasteiger partial charge in [-0.05, 0) is 77.4 Å². The first-order valence-corrected chi connectivity index (χ1v) is 12.6. The standard InChI is InChI=1S/C32H22BF2N3O2/c34-33(35)38-30(24-13-17-26(40)18-14-24)20-28(22-9-5-2-6-10-22)32(38)37-31-27(21-7-3-1-4-8-21)19-29(36-31)23-11-15-25(39)16-12-23/h1-20,39-40H/b37-31-. The van der Waals surface area contributed by atoms with Crippen LogP contribution in [0, 0.1) is 0 Å². The van der Waals surface area contributed by atoms with Crippen LogP contribution < -0.4 is 0 Å². The average molecular weight is 529 g/mol. The number of halogens is 2. The second-order valence-corrected chi connectivity index (χ2v) is 9.23. The highest BCUT2D eigenvalue weighted by molar-refractivity contribution is 6.43. The molecule has 1 aliphatic heterocycles. The monoisotopic (exact) mass is 529 g/mol. The molecular formula is C32H22BF2N3O2. The van der Waals surface area contributed by atoms with Crippen LogP contribution in [0.25, 0.3) is 28.0 Å². The molecule has 2 N–H and O–H groups in total. The van der Waals surface area contributed by atoms with Gasteiger partial charge in [0.15, 0.2) is 5.84 Å². The van der Waals surface area contributed by atoms with Crippen LogP contribution >= 0.6 is 0 Å². The number of benzene rings is 4. The van der Waals surface area contributed by atoms with Gasteiger partial charge in [-0.2, -0.15) is 0 Å². The maximum atomic E-state index is 14.8. The quantitative estimate of drug-likeness (QED) is 0.222. The van der Waals surface area contributed by atoms with Gasteiger partial charge in [-0.3, -0.25) is 8.63 Å². The van der Waals surface area contributed by atoms with Crippen molar-refractivity contribution in [1.82, 2.24) is 4.48 Å². The number of phenolic OH excluding ortho intramolecular Hbond substituents is 2. The van der Waals surface area contributed by atoms with Crippen molar-refractivity contribution >= 4 is 30.3 Å². The third-order valence-electron chi connectivity index (χ3n) is 6.66. The zero-order valence-corrected chi connectivity index (χ0v) is 21.1. The molecule has 0 bridgehead atoms. The van der Waals surface area contributed by atoms with Gasteiger partial charge < -0.3 is 14.7 Å². The largest absolute Gasteiger partial charge is 0.679 e. The molecule has 5 aromatic rings. The second kappa shape index (κ2) is 10.5. The molecule has 0 unspecified atom stereocenters. The van der Waals surface area contributed by atoms with E-state index >= 15 is 0 Å². The first kappa shape index (κ1) is 25.1. The number of phenols is 2. The SMILES string of the molecule is Oc1ccc(C2=N/C(=N\c3c(-c4ccccc4)cc(-c4ccc(O)cc4)n3B(F)F)C(c3ccccc3)=C2)cc1. The summed E-state index contributed by atoms with van der Waals surface area (Å²) in [7, 11) is -2.90. The van der Waals surface area contributed by atoms with E-state index in [-0.39, 0.29) is 23.0 Å². The topological polar surface area (TPSA) is 70.1 Å². The van der Waals surface area contributed by atoms with Crippen molar-refractivity contribution < 1.29 is 18.8 Å². The van der Waals surface area contributed by atoms with E-state index in [1.54, 1.807) is 42.5 Å². The van der Waals surface area contributed by atoms with E-state index in [0.717, 1.165) is 21.2 Å². The number of hydrogen-bond acceptors (Lipinski definition) is 3. The molecule has 40 heavy (non-hydrogen) atoms. The van der Waals surface area contributed by atoms with Gasteiger partial charge in [0.2, 0.25) is 0 Å². The maximum Gasteiger partial charge on any atom is 0.679 e. The number of allylic oxidation sites excluding steroid dienone is 1. The Hall–Kier alpha value is -5.24. The Morgan fingerprint density at radius 1 is 0.650 bits per heavy atom. The van der Waals surface area contributed by atoms with Crippen molar-refractivity contribution in [3.63, 3.8) is 0 Å². The van der Waals surface area contributed by atoms with Crippen LogP contribution in [0.15, 0.2) is 131 Å². The molecule has 0 amide bonds. The lowest BCUT2D eigenvalue weighted by Gasteiger charge is -2.10. The lowest BCUT2D eigenvalue weighted by molar-refractivity contribution is 0.475. The smallest absolute Gasteiger partial charge is 0.508 e. The number of rotatable bonds is 6. The first-order chi connectivity index (χ1) is 19.5. The highest BCUT2D eigenvalue weighted by atomic mass is 19.2. The molecule has 8 heteroatoms. The van der Waals surface area contributed by atoms with Crippen molar-refractivity contribution in [3.8, 4) is 33.9 Å². The minimum atomic E-state index is -2.90. The molecule has 1 aliphatic rings. The summed E-state index contributed by atoms with van der Waals surface area (Å²) in [4.78, 5) is 9.59. The van der Waals surface area contributed by atoms with Gasteiger partial charge in [-0.15, -0.1) is 0 Å². The van der Waals surface area contributed by atoms with Crippen LogP contribution in [-0.2, 0) is 0 Å². The van der Waals surface area contributed by atoms with Crippen LogP contribution in [0.2, 0.25) is 0 Å². The van der Waals surface area contributed by atoms with Crippen LogP contribution in [-0.4, -0.2) is 33.6 Å². The molecule has 0 atom stereocenters. The molecule has 6 rings (SSSR count). The molecule has 0 aliphatic carbocycles. The summed E-state index contributed by atoms with van der Waals surface area (Å²) in [6, 6.07) is 33.2. The molecule has 0 radical (unpaired) electrons. The Morgan fingerprint density at radius 3 is 1.77 bits per heavy atom. The molecule has 4 aromatic carbocycles. The van der Waals surface area contributed by atoms with E-state index in [2.05, 4.69) is 0 Å². The summed E-state index contributed by atoms with van der Waals surface area (Å²) < 4.78 is 30.6. The van der Waals surface area contributed by atoms with Crippen molar-refractivity contribution in [2.45, 2.75) is 0 Å². The molecule has 194 valence electrons. The van der Waals surface area contributed by atoms with Crippen LogP contribution in [0.1, 0.15) is 11.1 Å². The van der Waals surface area contributed by atoms with Crippen LogP contribution in [0.4, 0.5) is 14.4 Å². The van der Waals surface area contributed by atoms with Crippen LogP contribution in [0.5, 0.6) is 11.5 Å². The zero-order valence-electron chi connectivity index (χ0n) is 21.1. The minimum Gasteiger partial charge on any atom is -0.508 e. The zero-order chi connectivity index (χ0) is 27.6. The van der Waals surface area contributed by atoms with E-state index < -0.39 is 7.40 Å². The number of aliphatic imine (C=N–C) groups is 2. The number of aromatic nitrogens is 1. The molecule has 0 saturated carbocycles.